The smallest absolute Gasteiger partial charge is 0.167 e. The van der Waals surface area contributed by atoms with Crippen molar-refractivity contribution in [1.29, 1.82) is 0 Å². The monoisotopic (exact) mass is 240 g/mol. The predicted molar refractivity (Wildman–Crippen MR) is 59.3 cm³/mol. The Morgan fingerprint density at radius 2 is 2.31 bits per heavy atom. The van der Waals surface area contributed by atoms with Gasteiger partial charge in [-0.25, -0.2) is 9.37 Å². The van der Waals surface area contributed by atoms with Crippen LogP contribution in [0.4, 0.5) is 4.39 Å². The molecular weight excluding hydrogens is 231 g/mol. The average Bonchev–Trinajstić information content (AvgIpc) is 2.43. The van der Waals surface area contributed by atoms with Gasteiger partial charge in [0.05, 0.1) is 19.3 Å². The summed E-state index contributed by atoms with van der Waals surface area (Å²) in [4.78, 5) is 4.10. The molecular formula is C11H10ClFN2O. The van der Waals surface area contributed by atoms with E-state index in [9.17, 15) is 4.39 Å². The zero-order chi connectivity index (χ0) is 11.3. The molecule has 0 amide bonds. The minimum absolute atomic E-state index is 0.0768. The predicted octanol–water partition coefficient (Wildman–Crippen LogP) is 2.71. The first-order valence-corrected chi connectivity index (χ1v) is 5.45. The van der Waals surface area contributed by atoms with E-state index in [1.165, 1.54) is 6.07 Å². The first-order chi connectivity index (χ1) is 7.66. The topological polar surface area (TPSA) is 27.1 Å². The minimum atomic E-state index is -0.472. The van der Waals surface area contributed by atoms with Crippen molar-refractivity contribution in [3.63, 3.8) is 0 Å². The number of hydrogen-bond acceptors (Lipinski definition) is 2. The van der Waals surface area contributed by atoms with Crippen LogP contribution in [0.25, 0.3) is 11.0 Å². The van der Waals surface area contributed by atoms with Crippen molar-refractivity contribution in [3.05, 3.63) is 28.8 Å². The van der Waals surface area contributed by atoms with E-state index in [1.807, 2.05) is 17.7 Å². The lowest BCUT2D eigenvalue weighted by atomic mass is 10.2. The molecule has 0 unspecified atom stereocenters. The van der Waals surface area contributed by atoms with E-state index in [-0.39, 0.29) is 5.15 Å². The van der Waals surface area contributed by atoms with Gasteiger partial charge in [-0.3, -0.25) is 0 Å². The van der Waals surface area contributed by atoms with Crippen LogP contribution in [0.1, 0.15) is 11.6 Å². The molecule has 3 rings (SSSR count). The summed E-state index contributed by atoms with van der Waals surface area (Å²) in [6, 6.07) is 1.74. The summed E-state index contributed by atoms with van der Waals surface area (Å²) in [5.74, 6) is -0.472. The fraction of sp³-hybridized carbons (Fsp3) is 0.364. The summed E-state index contributed by atoms with van der Waals surface area (Å²) >= 11 is 5.70. The number of fused-ring (bicyclic) bond motifs is 1. The Morgan fingerprint density at radius 3 is 2.94 bits per heavy atom. The van der Waals surface area contributed by atoms with E-state index in [1.54, 1.807) is 0 Å². The van der Waals surface area contributed by atoms with Crippen molar-refractivity contribution in [1.82, 2.24) is 9.55 Å². The number of pyridine rings is 1. The Bertz CT molecular complexity index is 563. The molecule has 3 nitrogen and oxygen atoms in total. The molecule has 0 saturated carbocycles. The third kappa shape index (κ3) is 1.33. The maximum Gasteiger partial charge on any atom is 0.167 e. The highest BCUT2D eigenvalue weighted by molar-refractivity contribution is 6.29. The first kappa shape index (κ1) is 10.1. The molecule has 0 spiro atoms. The number of ether oxygens (including phenoxy) is 1. The Balaban J connectivity index is 2.26. The summed E-state index contributed by atoms with van der Waals surface area (Å²) < 4.78 is 20.5. The normalized spacial score (nSPS) is 16.7. The van der Waals surface area contributed by atoms with Crippen molar-refractivity contribution in [2.75, 3.05) is 13.2 Å². The standard InChI is InChI=1S/C11H10ClFN2O/c1-6-3-15(7-4-16-5-7)11-8(6)2-9(13)10(12)14-11/h2-3,7H,4-5H2,1H3. The fourth-order valence-electron chi connectivity index (χ4n) is 1.95. The molecule has 1 saturated heterocycles. The number of rotatable bonds is 1. The number of nitrogens with zero attached hydrogens (tertiary/aromatic N) is 2. The van der Waals surface area contributed by atoms with Gasteiger partial charge in [0.2, 0.25) is 0 Å². The average molecular weight is 241 g/mol. The van der Waals surface area contributed by atoms with E-state index in [4.69, 9.17) is 16.3 Å². The first-order valence-electron chi connectivity index (χ1n) is 5.08. The highest BCUT2D eigenvalue weighted by atomic mass is 35.5. The van der Waals surface area contributed by atoms with Crippen LogP contribution in [-0.2, 0) is 4.74 Å². The second kappa shape index (κ2) is 3.43. The van der Waals surface area contributed by atoms with Crippen LogP contribution in [0.15, 0.2) is 12.3 Å². The van der Waals surface area contributed by atoms with Gasteiger partial charge in [0.15, 0.2) is 11.0 Å². The fourth-order valence-corrected chi connectivity index (χ4v) is 2.08. The van der Waals surface area contributed by atoms with Crippen molar-refractivity contribution < 1.29 is 9.13 Å². The lowest BCUT2D eigenvalue weighted by Gasteiger charge is -2.27. The molecule has 1 fully saturated rings. The van der Waals surface area contributed by atoms with Crippen LogP contribution >= 0.6 is 11.6 Å². The quantitative estimate of drug-likeness (QED) is 0.717. The summed E-state index contributed by atoms with van der Waals surface area (Å²) in [6.45, 7) is 3.30. The molecule has 16 heavy (non-hydrogen) atoms. The Hall–Kier alpha value is -1.13. The molecule has 2 aromatic rings. The molecule has 1 aliphatic rings. The molecule has 1 aliphatic heterocycles. The Kier molecular flexibility index (Phi) is 2.16. The number of hydrogen-bond donors (Lipinski definition) is 0. The number of aryl methyl sites for hydroxylation is 1. The maximum absolute atomic E-state index is 13.3. The van der Waals surface area contributed by atoms with Crippen LogP contribution in [0, 0.1) is 12.7 Å². The summed E-state index contributed by atoms with van der Waals surface area (Å²) in [6.07, 6.45) is 1.97. The highest BCUT2D eigenvalue weighted by Crippen LogP contribution is 2.28. The van der Waals surface area contributed by atoms with E-state index in [0.717, 1.165) is 16.6 Å². The molecule has 0 N–H and O–H groups in total. The number of halogens is 2. The molecule has 0 radical (unpaired) electrons. The van der Waals surface area contributed by atoms with Crippen LogP contribution in [0.5, 0.6) is 0 Å². The highest BCUT2D eigenvalue weighted by Gasteiger charge is 2.23. The van der Waals surface area contributed by atoms with Gasteiger partial charge in [-0.1, -0.05) is 11.6 Å². The summed E-state index contributed by atoms with van der Waals surface area (Å²) in [5.41, 5.74) is 1.74. The van der Waals surface area contributed by atoms with E-state index in [0.29, 0.717) is 19.3 Å². The third-order valence-electron chi connectivity index (χ3n) is 2.93. The third-order valence-corrected chi connectivity index (χ3v) is 3.19. The zero-order valence-electron chi connectivity index (χ0n) is 8.70. The molecule has 3 heterocycles. The molecule has 0 bridgehead atoms. The van der Waals surface area contributed by atoms with E-state index >= 15 is 0 Å². The van der Waals surface area contributed by atoms with Crippen LogP contribution in [0.2, 0.25) is 5.15 Å². The minimum Gasteiger partial charge on any atom is -0.377 e. The van der Waals surface area contributed by atoms with Crippen molar-refractivity contribution in [2.45, 2.75) is 13.0 Å². The van der Waals surface area contributed by atoms with Gasteiger partial charge in [0, 0.05) is 11.6 Å². The van der Waals surface area contributed by atoms with Gasteiger partial charge in [-0.05, 0) is 18.6 Å². The largest absolute Gasteiger partial charge is 0.377 e. The maximum atomic E-state index is 13.3. The van der Waals surface area contributed by atoms with Crippen LogP contribution in [0.3, 0.4) is 0 Å². The van der Waals surface area contributed by atoms with Crippen LogP contribution in [-0.4, -0.2) is 22.8 Å². The lowest BCUT2D eigenvalue weighted by molar-refractivity contribution is -0.0216. The SMILES string of the molecule is Cc1cn(C2COC2)c2nc(Cl)c(F)cc12. The molecule has 5 heteroatoms. The van der Waals surface area contributed by atoms with Gasteiger partial charge < -0.3 is 9.30 Å². The molecule has 0 atom stereocenters. The number of aromatic nitrogens is 2. The lowest BCUT2D eigenvalue weighted by Crippen LogP contribution is -2.30. The molecule has 2 aromatic heterocycles. The summed E-state index contributed by atoms with van der Waals surface area (Å²) in [5, 5.41) is 0.737. The second-order valence-corrected chi connectivity index (χ2v) is 4.40. The second-order valence-electron chi connectivity index (χ2n) is 4.04. The molecule has 84 valence electrons. The summed E-state index contributed by atoms with van der Waals surface area (Å²) in [7, 11) is 0. The zero-order valence-corrected chi connectivity index (χ0v) is 9.46. The van der Waals surface area contributed by atoms with Crippen molar-refractivity contribution in [2.24, 2.45) is 0 Å². The van der Waals surface area contributed by atoms with Crippen molar-refractivity contribution in [3.8, 4) is 0 Å². The molecule has 0 aliphatic carbocycles. The van der Waals surface area contributed by atoms with Crippen molar-refractivity contribution >= 4 is 22.6 Å². The van der Waals surface area contributed by atoms with Gasteiger partial charge in [0.25, 0.3) is 0 Å². The Labute approximate surface area is 96.8 Å². The van der Waals surface area contributed by atoms with E-state index in [2.05, 4.69) is 4.98 Å². The van der Waals surface area contributed by atoms with E-state index < -0.39 is 5.82 Å². The van der Waals surface area contributed by atoms with Gasteiger partial charge in [-0.2, -0.15) is 0 Å². The van der Waals surface area contributed by atoms with Crippen LogP contribution < -0.4 is 0 Å². The molecule has 0 aromatic carbocycles. The Morgan fingerprint density at radius 1 is 1.56 bits per heavy atom. The van der Waals surface area contributed by atoms with Gasteiger partial charge >= 0.3 is 0 Å². The van der Waals surface area contributed by atoms with Gasteiger partial charge in [0.1, 0.15) is 5.65 Å². The van der Waals surface area contributed by atoms with Gasteiger partial charge in [-0.15, -0.1) is 0 Å².